The molecular formula is C20H20Br2N4O4. The number of aliphatic hydroxyl groups excluding tert-OH is 1. The maximum Gasteiger partial charge on any atom is 0.262 e. The largest absolute Gasteiger partial charge is 0.393 e. The molecule has 30 heavy (non-hydrogen) atoms. The van der Waals surface area contributed by atoms with Crippen molar-refractivity contribution in [1.82, 2.24) is 15.2 Å². The van der Waals surface area contributed by atoms with Crippen molar-refractivity contribution in [1.29, 1.82) is 0 Å². The molecule has 1 fully saturated rings. The van der Waals surface area contributed by atoms with Crippen molar-refractivity contribution in [2.24, 2.45) is 0 Å². The third-order valence-electron chi connectivity index (χ3n) is 5.56. The summed E-state index contributed by atoms with van der Waals surface area (Å²) in [5.41, 5.74) is 7.03. The number of carbonyl (C=O) groups is 2. The highest BCUT2D eigenvalue weighted by Gasteiger charge is 2.32. The van der Waals surface area contributed by atoms with Gasteiger partial charge in [-0.25, -0.2) is 0 Å². The number of hydrogen-bond donors (Lipinski definition) is 4. The number of nitrogen functional groups attached to an aromatic ring is 1. The van der Waals surface area contributed by atoms with Crippen molar-refractivity contribution in [3.63, 3.8) is 0 Å². The number of pyridine rings is 1. The smallest absolute Gasteiger partial charge is 0.262 e. The number of aliphatic hydroxyl groups is 1. The summed E-state index contributed by atoms with van der Waals surface area (Å²) < 4.78 is 2.69. The van der Waals surface area contributed by atoms with Gasteiger partial charge >= 0.3 is 0 Å². The molecule has 1 aromatic carbocycles. The molecule has 1 aliphatic heterocycles. The van der Waals surface area contributed by atoms with E-state index in [2.05, 4.69) is 42.5 Å². The minimum Gasteiger partial charge on any atom is -0.393 e. The number of rotatable bonds is 4. The van der Waals surface area contributed by atoms with Crippen molar-refractivity contribution in [2.45, 2.75) is 44.4 Å². The zero-order valence-electron chi connectivity index (χ0n) is 15.9. The molecule has 1 aliphatic carbocycles. The van der Waals surface area contributed by atoms with Crippen molar-refractivity contribution in [2.75, 3.05) is 5.73 Å². The Labute approximate surface area is 189 Å². The van der Waals surface area contributed by atoms with Gasteiger partial charge in [-0.1, -0.05) is 15.9 Å². The number of benzene rings is 1. The van der Waals surface area contributed by atoms with Gasteiger partial charge in [-0.15, -0.1) is 0 Å². The van der Waals surface area contributed by atoms with Crippen molar-refractivity contribution >= 4 is 49.5 Å². The second-order valence-corrected chi connectivity index (χ2v) is 9.33. The summed E-state index contributed by atoms with van der Waals surface area (Å²) in [7, 11) is 0. The summed E-state index contributed by atoms with van der Waals surface area (Å²) in [6, 6.07) is 5.08. The lowest BCUT2D eigenvalue weighted by molar-refractivity contribution is 0.0879. The van der Waals surface area contributed by atoms with Crippen LogP contribution in [0.3, 0.4) is 0 Å². The molecule has 2 aromatic rings. The van der Waals surface area contributed by atoms with Gasteiger partial charge in [0.05, 0.1) is 22.9 Å². The average molecular weight is 540 g/mol. The standard InChI is InChI=1S/C20H20Br2N4O4/c21-10-5-9(8-24-11-1-3-12(27)4-2-11)17(14(22)6-10)26-15(28)7-13-16(18(26)23)20(30)25-19(13)29/h5-7,11-12,24,27H,1-4,8,23H2,(H,25,29,30). The van der Waals surface area contributed by atoms with Gasteiger partial charge in [0, 0.05) is 27.6 Å². The number of nitrogens with one attached hydrogen (secondary N) is 2. The number of anilines is 1. The fourth-order valence-electron chi connectivity index (χ4n) is 4.05. The minimum absolute atomic E-state index is 0.00702. The molecule has 0 spiro atoms. The number of halogens is 2. The Balaban J connectivity index is 1.77. The van der Waals surface area contributed by atoms with Gasteiger partial charge in [0.2, 0.25) is 0 Å². The Bertz CT molecular complexity index is 1110. The molecule has 10 heteroatoms. The van der Waals surface area contributed by atoms with Crippen molar-refractivity contribution < 1.29 is 14.7 Å². The van der Waals surface area contributed by atoms with E-state index in [9.17, 15) is 19.5 Å². The predicted octanol–water partition coefficient (Wildman–Crippen LogP) is 2.22. The second kappa shape index (κ2) is 8.26. The Morgan fingerprint density at radius 3 is 2.50 bits per heavy atom. The first-order chi connectivity index (χ1) is 14.3. The zero-order chi connectivity index (χ0) is 21.6. The number of aromatic nitrogens is 1. The molecular weight excluding hydrogens is 520 g/mol. The minimum atomic E-state index is -0.623. The van der Waals surface area contributed by atoms with Crippen LogP contribution >= 0.6 is 31.9 Å². The lowest BCUT2D eigenvalue weighted by Crippen LogP contribution is -2.34. The van der Waals surface area contributed by atoms with E-state index >= 15 is 0 Å². The van der Waals surface area contributed by atoms with Gasteiger partial charge in [0.15, 0.2) is 0 Å². The highest BCUT2D eigenvalue weighted by molar-refractivity contribution is 9.11. The van der Waals surface area contributed by atoms with Crippen LogP contribution in [0.25, 0.3) is 5.69 Å². The fourth-order valence-corrected chi connectivity index (χ4v) is 5.54. The molecule has 0 atom stereocenters. The molecule has 2 heterocycles. The molecule has 2 aliphatic rings. The van der Waals surface area contributed by atoms with E-state index in [-0.39, 0.29) is 29.1 Å². The number of carbonyl (C=O) groups excluding carboxylic acids is 2. The molecule has 4 rings (SSSR count). The zero-order valence-corrected chi connectivity index (χ0v) is 19.0. The third kappa shape index (κ3) is 3.84. The van der Waals surface area contributed by atoms with Gasteiger partial charge in [0.25, 0.3) is 17.4 Å². The van der Waals surface area contributed by atoms with Crippen LogP contribution in [-0.2, 0) is 6.54 Å². The normalized spacial score (nSPS) is 20.9. The number of fused-ring (bicyclic) bond motifs is 1. The Kier molecular flexibility index (Phi) is 5.84. The molecule has 5 N–H and O–H groups in total. The molecule has 0 saturated heterocycles. The molecule has 1 aromatic heterocycles. The fraction of sp³-hybridized carbons (Fsp3) is 0.350. The predicted molar refractivity (Wildman–Crippen MR) is 119 cm³/mol. The number of nitrogens with two attached hydrogens (primary N) is 1. The summed E-state index contributed by atoms with van der Waals surface area (Å²) in [5, 5.41) is 15.4. The van der Waals surface area contributed by atoms with Crippen LogP contribution in [0.4, 0.5) is 5.82 Å². The molecule has 0 radical (unpaired) electrons. The second-order valence-electron chi connectivity index (χ2n) is 7.56. The van der Waals surface area contributed by atoms with E-state index in [0.717, 1.165) is 41.8 Å². The Hall–Kier alpha value is -2.01. The van der Waals surface area contributed by atoms with E-state index < -0.39 is 17.4 Å². The Morgan fingerprint density at radius 1 is 1.10 bits per heavy atom. The van der Waals surface area contributed by atoms with Crippen LogP contribution < -0.4 is 21.9 Å². The lowest BCUT2D eigenvalue weighted by atomic mass is 9.93. The SMILES string of the molecule is Nc1c2c(cc(=O)n1-c1c(Br)cc(Br)cc1CNC1CCC(O)CC1)C(=O)NC2=O. The first-order valence-corrected chi connectivity index (χ1v) is 11.2. The summed E-state index contributed by atoms with van der Waals surface area (Å²) in [6.45, 7) is 0.461. The summed E-state index contributed by atoms with van der Waals surface area (Å²) in [4.78, 5) is 37.0. The van der Waals surface area contributed by atoms with Crippen LogP contribution in [0.5, 0.6) is 0 Å². The highest BCUT2D eigenvalue weighted by Crippen LogP contribution is 2.32. The van der Waals surface area contributed by atoms with Crippen LogP contribution in [0.1, 0.15) is 52.0 Å². The third-order valence-corrected chi connectivity index (χ3v) is 6.62. The number of hydrogen-bond acceptors (Lipinski definition) is 6. The maximum atomic E-state index is 12.9. The van der Waals surface area contributed by atoms with Crippen LogP contribution in [-0.4, -0.2) is 33.6 Å². The maximum absolute atomic E-state index is 12.9. The van der Waals surface area contributed by atoms with Crippen LogP contribution in [0, 0.1) is 0 Å². The van der Waals surface area contributed by atoms with E-state index in [1.807, 2.05) is 6.07 Å². The van der Waals surface area contributed by atoms with E-state index in [1.54, 1.807) is 6.07 Å². The van der Waals surface area contributed by atoms with Gasteiger partial charge in [-0.3, -0.25) is 24.3 Å². The Morgan fingerprint density at radius 2 is 1.80 bits per heavy atom. The highest BCUT2D eigenvalue weighted by atomic mass is 79.9. The van der Waals surface area contributed by atoms with E-state index in [1.165, 1.54) is 4.57 Å². The van der Waals surface area contributed by atoms with Gasteiger partial charge in [-0.2, -0.15) is 0 Å². The van der Waals surface area contributed by atoms with Crippen molar-refractivity contribution in [3.05, 3.63) is 54.2 Å². The van der Waals surface area contributed by atoms with Gasteiger partial charge in [0.1, 0.15) is 5.82 Å². The number of amides is 2. The van der Waals surface area contributed by atoms with Crippen LogP contribution in [0.2, 0.25) is 0 Å². The monoisotopic (exact) mass is 538 g/mol. The van der Waals surface area contributed by atoms with Crippen molar-refractivity contribution in [3.8, 4) is 5.69 Å². The van der Waals surface area contributed by atoms with Crippen LogP contribution in [0.15, 0.2) is 31.9 Å². The molecule has 1 saturated carbocycles. The number of nitrogens with zero attached hydrogens (tertiary/aromatic N) is 1. The van der Waals surface area contributed by atoms with E-state index in [4.69, 9.17) is 5.73 Å². The molecule has 2 amide bonds. The van der Waals surface area contributed by atoms with Gasteiger partial charge in [-0.05, 0) is 59.3 Å². The summed E-state index contributed by atoms with van der Waals surface area (Å²) in [6.07, 6.45) is 3.02. The topological polar surface area (TPSA) is 126 Å². The molecule has 0 unspecified atom stereocenters. The summed E-state index contributed by atoms with van der Waals surface area (Å²) >= 11 is 6.99. The summed E-state index contributed by atoms with van der Waals surface area (Å²) in [5.74, 6) is -1.32. The van der Waals surface area contributed by atoms with E-state index in [0.29, 0.717) is 16.7 Å². The first kappa shape index (κ1) is 21.2. The quantitative estimate of drug-likeness (QED) is 0.441. The molecule has 0 bridgehead atoms. The average Bonchev–Trinajstić information content (AvgIpc) is 2.96. The molecule has 8 nitrogen and oxygen atoms in total. The lowest BCUT2D eigenvalue weighted by Gasteiger charge is -2.27. The number of imide groups is 1. The first-order valence-electron chi connectivity index (χ1n) is 9.57. The van der Waals surface area contributed by atoms with Gasteiger partial charge < -0.3 is 16.2 Å². The molecule has 158 valence electrons.